The predicted octanol–water partition coefficient (Wildman–Crippen LogP) is 7.16. The number of anilines is 2. The fraction of sp³-hybridized carbons (Fsp3) is 0.211. The normalized spacial score (nSPS) is 16.4. The van der Waals surface area contributed by atoms with Crippen molar-refractivity contribution in [2.24, 2.45) is 17.6 Å². The third kappa shape index (κ3) is 11.5. The number of ether oxygens (including phenoxy) is 1. The van der Waals surface area contributed by atoms with Crippen molar-refractivity contribution in [2.75, 3.05) is 17.7 Å². The molecule has 0 spiro atoms. The number of para-hydroxylation sites is 2. The zero-order valence-electron chi connectivity index (χ0n) is 30.2. The van der Waals surface area contributed by atoms with E-state index in [1.807, 2.05) is 74.5 Å². The zero-order valence-corrected chi connectivity index (χ0v) is 31.8. The van der Waals surface area contributed by atoms with Gasteiger partial charge in [0.05, 0.1) is 43.2 Å². The fourth-order valence-electron chi connectivity index (χ4n) is 5.04. The van der Waals surface area contributed by atoms with Crippen molar-refractivity contribution in [3.63, 3.8) is 0 Å². The highest BCUT2D eigenvalue weighted by molar-refractivity contribution is 7.83. The van der Waals surface area contributed by atoms with E-state index in [1.54, 1.807) is 24.3 Å². The van der Waals surface area contributed by atoms with Gasteiger partial charge in [0, 0.05) is 0 Å². The molecule has 284 valence electrons. The van der Waals surface area contributed by atoms with Crippen LogP contribution in [0, 0.1) is 13.1 Å². The van der Waals surface area contributed by atoms with Crippen LogP contribution in [-0.4, -0.2) is 48.6 Å². The Labute approximate surface area is 324 Å². The summed E-state index contributed by atoms with van der Waals surface area (Å²) in [6.45, 7) is 20.1. The number of aromatic hydroxyl groups is 2. The molecule has 0 aliphatic carbocycles. The maximum Gasteiger partial charge on any atom is 0.271 e. The maximum atomic E-state index is 11.8. The summed E-state index contributed by atoms with van der Waals surface area (Å²) < 4.78 is 44.3. The van der Waals surface area contributed by atoms with Crippen molar-refractivity contribution in [3.05, 3.63) is 131 Å². The molecule has 4 atom stereocenters. The first kappa shape index (κ1) is 41.2. The van der Waals surface area contributed by atoms with Crippen LogP contribution in [0.1, 0.15) is 56.8 Å². The molecule has 2 heterocycles. The van der Waals surface area contributed by atoms with Gasteiger partial charge in [-0.05, 0) is 43.0 Å². The van der Waals surface area contributed by atoms with Gasteiger partial charge < -0.3 is 36.6 Å². The molecule has 2 aliphatic rings. The first-order valence-corrected chi connectivity index (χ1v) is 19.1. The molecule has 0 radical (unpaired) electrons. The molecule has 4 aromatic carbocycles. The number of nitrogens with zero attached hydrogens (tertiary/aromatic N) is 6. The Hall–Kier alpha value is -6.56. The number of phenolic OH excluding ortho intramolecular Hbond substituents is 2. The van der Waals surface area contributed by atoms with Crippen LogP contribution in [0.4, 0.5) is 22.7 Å². The second-order valence-corrected chi connectivity index (χ2v) is 13.0. The zero-order chi connectivity index (χ0) is 39.7. The van der Waals surface area contributed by atoms with Gasteiger partial charge in [0.25, 0.3) is 28.2 Å². The molecule has 7 N–H and O–H groups in total. The maximum absolute atomic E-state index is 11.8. The molecule has 0 amide bonds. The first-order valence-electron chi connectivity index (χ1n) is 17.0. The number of hydrogen-bond donors (Lipinski definition) is 6. The van der Waals surface area contributed by atoms with E-state index >= 15 is 0 Å². The van der Waals surface area contributed by atoms with E-state index in [-0.39, 0.29) is 46.5 Å². The standard InChI is InChI=1S/C18H17N5O2S.C13H17N3O2S.C7H6N2O/c1-3-13(12-8-5-4-6-9-12)20-17-18(23-26(25)22-17)21-15-11-7-10-14(19-2)16(15)24;1-3-11(10-8-6-5-7-9-10)14-12-13(18-4-2)16-19(17)15-12;1-9-6-4-2-3-5(8)7(6)10/h4-11,13,24H,3H2,1H3,(H,20,22)(H,21,23);5-9,11H,3-4H2,1-2H3,(H,14,15);2-4,10H,8H2/t13-,26?;11-,19?;/m11./s1. The largest absolute Gasteiger partial charge is 0.517 e. The van der Waals surface area contributed by atoms with E-state index in [4.69, 9.17) is 28.7 Å². The van der Waals surface area contributed by atoms with Crippen LogP contribution in [0.2, 0.25) is 0 Å². The molecule has 4 aromatic rings. The smallest absolute Gasteiger partial charge is 0.271 e. The molecule has 0 bridgehead atoms. The average Bonchev–Trinajstić information content (AvgIpc) is 3.74. The number of nitrogen functional groups attached to an aromatic ring is 1. The number of phenols is 2. The summed E-state index contributed by atoms with van der Waals surface area (Å²) in [5, 5.41) is 28.6. The van der Waals surface area contributed by atoms with E-state index < -0.39 is 22.3 Å². The van der Waals surface area contributed by atoms with Gasteiger partial charge in [-0.15, -0.1) is 17.6 Å². The first-order chi connectivity index (χ1) is 26.6. The van der Waals surface area contributed by atoms with E-state index in [0.717, 1.165) is 24.0 Å². The van der Waals surface area contributed by atoms with Crippen molar-refractivity contribution >= 4 is 68.5 Å². The van der Waals surface area contributed by atoms with Crippen molar-refractivity contribution in [1.29, 1.82) is 0 Å². The second-order valence-electron chi connectivity index (χ2n) is 11.4. The molecule has 2 unspecified atom stereocenters. The fourth-order valence-corrected chi connectivity index (χ4v) is 6.28. The third-order valence-corrected chi connectivity index (χ3v) is 9.11. The molecule has 55 heavy (non-hydrogen) atoms. The number of nitrogens with one attached hydrogen (secondary N) is 3. The van der Waals surface area contributed by atoms with E-state index in [9.17, 15) is 13.5 Å². The molecule has 17 heteroatoms. The van der Waals surface area contributed by atoms with Crippen molar-refractivity contribution in [1.82, 2.24) is 10.6 Å². The summed E-state index contributed by atoms with van der Waals surface area (Å²) in [6.07, 6.45) is 1.68. The van der Waals surface area contributed by atoms with Gasteiger partial charge in [0.2, 0.25) is 17.2 Å². The van der Waals surface area contributed by atoms with Crippen LogP contribution < -0.4 is 21.7 Å². The van der Waals surface area contributed by atoms with Crippen LogP contribution in [0.5, 0.6) is 11.5 Å². The van der Waals surface area contributed by atoms with Crippen molar-refractivity contribution in [3.8, 4) is 11.5 Å². The number of benzene rings is 4. The Morgan fingerprint density at radius 1 is 0.673 bits per heavy atom. The SMILES string of the molecule is CCOC1=NS(=O)N=C1N[C@H](CC)c1ccccc1.[C-]#[N+]c1cccc(N)c1O.[C-]#[N+]c1cccc(NC2=NS(=O)N=C2N[C@H](CC)c2ccccc2)c1O. The van der Waals surface area contributed by atoms with Gasteiger partial charge >= 0.3 is 0 Å². The lowest BCUT2D eigenvalue weighted by atomic mass is 10.0. The van der Waals surface area contributed by atoms with Crippen LogP contribution in [0.15, 0.2) is 115 Å². The molecule has 2 aliphatic heterocycles. The van der Waals surface area contributed by atoms with Crippen molar-refractivity contribution < 1.29 is 23.4 Å². The number of nitrogens with two attached hydrogens (primary N) is 1. The predicted molar refractivity (Wildman–Crippen MR) is 220 cm³/mol. The Balaban J connectivity index is 0.000000202. The summed E-state index contributed by atoms with van der Waals surface area (Å²) in [6, 6.07) is 29.4. The molecular formula is C38H40N10O5S2. The van der Waals surface area contributed by atoms with Gasteiger partial charge in [-0.25, -0.2) is 18.1 Å². The molecular weight excluding hydrogens is 741 g/mol. The van der Waals surface area contributed by atoms with Crippen LogP contribution in [0.25, 0.3) is 9.69 Å². The van der Waals surface area contributed by atoms with Crippen LogP contribution in [0.3, 0.4) is 0 Å². The summed E-state index contributed by atoms with van der Waals surface area (Å²) in [7, 11) is 0. The van der Waals surface area contributed by atoms with Crippen LogP contribution >= 0.6 is 0 Å². The summed E-state index contributed by atoms with van der Waals surface area (Å²) >= 11 is -3.31. The van der Waals surface area contributed by atoms with Crippen molar-refractivity contribution in [2.45, 2.75) is 45.7 Å². The highest BCUT2D eigenvalue weighted by Gasteiger charge is 2.25. The molecule has 6 rings (SSSR count). The lowest BCUT2D eigenvalue weighted by molar-refractivity contribution is 0.333. The quantitative estimate of drug-likeness (QED) is 0.0609. The van der Waals surface area contributed by atoms with Gasteiger partial charge in [-0.2, -0.15) is 0 Å². The van der Waals surface area contributed by atoms with Gasteiger partial charge in [-0.3, -0.25) is 0 Å². The van der Waals surface area contributed by atoms with Gasteiger partial charge in [-0.1, -0.05) is 98.8 Å². The Kier molecular flexibility index (Phi) is 15.4. The minimum atomic E-state index is -1.74. The lowest BCUT2D eigenvalue weighted by Crippen LogP contribution is -2.36. The highest BCUT2D eigenvalue weighted by Crippen LogP contribution is 2.34. The number of amidine groups is 3. The molecule has 0 fully saturated rings. The average molecular weight is 781 g/mol. The topological polar surface area (TPSA) is 204 Å². The second kappa shape index (κ2) is 20.6. The molecule has 0 aromatic heterocycles. The van der Waals surface area contributed by atoms with Gasteiger partial charge in [0.15, 0.2) is 11.7 Å². The third-order valence-electron chi connectivity index (χ3n) is 7.77. The summed E-state index contributed by atoms with van der Waals surface area (Å²) in [5.74, 6) is 1.10. The van der Waals surface area contributed by atoms with E-state index in [1.165, 1.54) is 12.1 Å². The molecule has 0 saturated carbocycles. The Morgan fingerprint density at radius 2 is 1.16 bits per heavy atom. The molecule has 15 nitrogen and oxygen atoms in total. The molecule has 0 saturated heterocycles. The Morgan fingerprint density at radius 3 is 1.69 bits per heavy atom. The summed E-state index contributed by atoms with van der Waals surface area (Å²) in [5.41, 5.74) is 8.40. The van der Waals surface area contributed by atoms with Crippen LogP contribution in [-0.2, 0) is 27.1 Å². The van der Waals surface area contributed by atoms with Gasteiger partial charge in [0.1, 0.15) is 11.5 Å². The minimum Gasteiger partial charge on any atom is -0.517 e. The van der Waals surface area contributed by atoms with E-state index in [0.29, 0.717) is 29.9 Å². The number of hydrogen-bond acceptors (Lipinski definition) is 9. The van der Waals surface area contributed by atoms with E-state index in [2.05, 4.69) is 50.2 Å². The highest BCUT2D eigenvalue weighted by atomic mass is 32.2. The number of rotatable bonds is 8. The lowest BCUT2D eigenvalue weighted by Gasteiger charge is -2.19. The monoisotopic (exact) mass is 780 g/mol. The Bertz CT molecular complexity index is 2200. The summed E-state index contributed by atoms with van der Waals surface area (Å²) in [4.78, 5) is 6.31. The minimum absolute atomic E-state index is 0.0276.